The molecular weight excluding hydrogens is 200 g/mol. The number of hydrogen-bond donors (Lipinski definition) is 0. The number of hydrogen-bond acceptors (Lipinski definition) is 4. The molecule has 1 fully saturated rings. The van der Waals surface area contributed by atoms with Crippen LogP contribution in [0.1, 0.15) is 26.7 Å². The molecule has 0 saturated heterocycles. The summed E-state index contributed by atoms with van der Waals surface area (Å²) < 4.78 is 0. The van der Waals surface area contributed by atoms with Crippen molar-refractivity contribution in [3.63, 3.8) is 0 Å². The van der Waals surface area contributed by atoms with Gasteiger partial charge in [-0.2, -0.15) is 21.0 Å². The van der Waals surface area contributed by atoms with E-state index in [9.17, 15) is 0 Å². The van der Waals surface area contributed by atoms with Crippen molar-refractivity contribution < 1.29 is 0 Å². The monoisotopic (exact) mass is 212 g/mol. The third-order valence-corrected chi connectivity index (χ3v) is 3.70. The lowest BCUT2D eigenvalue weighted by Crippen LogP contribution is -2.07. The molecule has 0 bridgehead atoms. The maximum atomic E-state index is 9.09. The van der Waals surface area contributed by atoms with Gasteiger partial charge in [-0.3, -0.25) is 0 Å². The van der Waals surface area contributed by atoms with Gasteiger partial charge in [0.05, 0.1) is 24.3 Å². The molecule has 80 valence electrons. The van der Waals surface area contributed by atoms with Crippen LogP contribution in [0.3, 0.4) is 0 Å². The highest BCUT2D eigenvalue weighted by molar-refractivity contribution is 5.51. The first-order chi connectivity index (χ1) is 7.63. The minimum Gasteiger partial charge on any atom is -0.196 e. The second kappa shape index (κ2) is 3.84. The first-order valence-corrected chi connectivity index (χ1v) is 5.29. The Morgan fingerprint density at radius 1 is 0.875 bits per heavy atom. The molecule has 0 aliphatic heterocycles. The highest BCUT2D eigenvalue weighted by Gasteiger charge is 2.82. The standard InChI is InChI=1S/C12H12N4/c1-3-9(4-2)10-11(5-13,6-14)12(10,7-15)8-16/h9-10H,3-4H2,1-2H3. The lowest BCUT2D eigenvalue weighted by molar-refractivity contribution is 0.392. The highest BCUT2D eigenvalue weighted by Crippen LogP contribution is 2.71. The SMILES string of the molecule is CCC(CC)C1C(C#N)(C#N)C1(C#N)C#N. The van der Waals surface area contributed by atoms with Crippen LogP contribution in [0.2, 0.25) is 0 Å². The summed E-state index contributed by atoms with van der Waals surface area (Å²) in [5.74, 6) is -0.349. The van der Waals surface area contributed by atoms with E-state index in [0.717, 1.165) is 12.8 Å². The van der Waals surface area contributed by atoms with Crippen molar-refractivity contribution in [3.8, 4) is 24.3 Å². The minimum absolute atomic E-state index is 0.0820. The summed E-state index contributed by atoms with van der Waals surface area (Å²) >= 11 is 0. The van der Waals surface area contributed by atoms with Crippen molar-refractivity contribution in [2.75, 3.05) is 0 Å². The molecule has 1 rings (SSSR count). The molecule has 0 atom stereocenters. The van der Waals surface area contributed by atoms with Gasteiger partial charge in [-0.15, -0.1) is 0 Å². The summed E-state index contributed by atoms with van der Waals surface area (Å²) in [7, 11) is 0. The third kappa shape index (κ3) is 1.05. The Morgan fingerprint density at radius 2 is 1.19 bits per heavy atom. The lowest BCUT2D eigenvalue weighted by atomic mass is 9.91. The second-order valence-electron chi connectivity index (χ2n) is 4.12. The van der Waals surface area contributed by atoms with Gasteiger partial charge in [0.25, 0.3) is 0 Å². The Hall–Kier alpha value is -2.04. The van der Waals surface area contributed by atoms with Crippen LogP contribution < -0.4 is 0 Å². The molecule has 0 radical (unpaired) electrons. The Balaban J connectivity index is 3.26. The fourth-order valence-corrected chi connectivity index (χ4v) is 2.65. The Labute approximate surface area is 95.3 Å². The van der Waals surface area contributed by atoms with Crippen molar-refractivity contribution in [2.24, 2.45) is 22.7 Å². The zero-order valence-corrected chi connectivity index (χ0v) is 9.36. The van der Waals surface area contributed by atoms with Gasteiger partial charge in [0.1, 0.15) is 0 Å². The summed E-state index contributed by atoms with van der Waals surface area (Å²) in [4.78, 5) is 0. The summed E-state index contributed by atoms with van der Waals surface area (Å²) in [5.41, 5.74) is -2.85. The maximum absolute atomic E-state index is 9.09. The van der Waals surface area contributed by atoms with Gasteiger partial charge in [-0.25, -0.2) is 0 Å². The predicted octanol–water partition coefficient (Wildman–Crippen LogP) is 2.12. The van der Waals surface area contributed by atoms with Crippen molar-refractivity contribution in [1.82, 2.24) is 0 Å². The van der Waals surface area contributed by atoms with Crippen LogP contribution in [0.25, 0.3) is 0 Å². The quantitative estimate of drug-likeness (QED) is 0.715. The Kier molecular flexibility index (Phi) is 2.89. The van der Waals surface area contributed by atoms with Crippen LogP contribution >= 0.6 is 0 Å². The minimum atomic E-state index is -1.42. The summed E-state index contributed by atoms with van der Waals surface area (Å²) in [6.07, 6.45) is 1.55. The molecule has 0 spiro atoms. The average Bonchev–Trinajstić information content (AvgIpc) is 2.94. The summed E-state index contributed by atoms with van der Waals surface area (Å²) in [6.45, 7) is 3.90. The van der Waals surface area contributed by atoms with Crippen LogP contribution in [-0.4, -0.2) is 0 Å². The van der Waals surface area contributed by atoms with Crippen LogP contribution in [0.4, 0.5) is 0 Å². The molecule has 0 unspecified atom stereocenters. The molecule has 1 aliphatic rings. The van der Waals surface area contributed by atoms with Gasteiger partial charge >= 0.3 is 0 Å². The maximum Gasteiger partial charge on any atom is 0.181 e. The van der Waals surface area contributed by atoms with Crippen molar-refractivity contribution in [3.05, 3.63) is 0 Å². The van der Waals surface area contributed by atoms with Gasteiger partial charge in [0.2, 0.25) is 0 Å². The number of rotatable bonds is 3. The summed E-state index contributed by atoms with van der Waals surface area (Å²) in [5, 5.41) is 36.4. The van der Waals surface area contributed by atoms with Gasteiger partial charge in [0, 0.05) is 5.92 Å². The molecule has 0 aromatic rings. The van der Waals surface area contributed by atoms with E-state index in [4.69, 9.17) is 21.0 Å². The van der Waals surface area contributed by atoms with Gasteiger partial charge in [0.15, 0.2) is 10.8 Å². The normalized spacial score (nSPS) is 20.2. The first kappa shape index (κ1) is 12.0. The molecule has 0 N–H and O–H groups in total. The molecule has 0 amide bonds. The molecule has 16 heavy (non-hydrogen) atoms. The molecular formula is C12H12N4. The van der Waals surface area contributed by atoms with E-state index in [2.05, 4.69) is 0 Å². The molecule has 1 aliphatic carbocycles. The fraction of sp³-hybridized carbons (Fsp3) is 0.667. The number of nitriles is 4. The Morgan fingerprint density at radius 3 is 1.38 bits per heavy atom. The van der Waals surface area contributed by atoms with Crippen molar-refractivity contribution in [1.29, 1.82) is 21.0 Å². The lowest BCUT2D eigenvalue weighted by Gasteiger charge is -2.10. The largest absolute Gasteiger partial charge is 0.196 e. The highest BCUT2D eigenvalue weighted by atomic mass is 14.8. The molecule has 4 nitrogen and oxygen atoms in total. The van der Waals surface area contributed by atoms with Crippen LogP contribution in [0.15, 0.2) is 0 Å². The molecule has 4 heteroatoms. The van der Waals surface area contributed by atoms with Crippen LogP contribution in [0.5, 0.6) is 0 Å². The van der Waals surface area contributed by atoms with E-state index < -0.39 is 16.7 Å². The third-order valence-electron chi connectivity index (χ3n) is 3.70. The predicted molar refractivity (Wildman–Crippen MR) is 54.9 cm³/mol. The average molecular weight is 212 g/mol. The molecule has 0 aromatic heterocycles. The second-order valence-corrected chi connectivity index (χ2v) is 4.12. The van der Waals surface area contributed by atoms with E-state index in [1.807, 2.05) is 38.1 Å². The Bertz CT molecular complexity index is 381. The van der Waals surface area contributed by atoms with E-state index >= 15 is 0 Å². The van der Waals surface area contributed by atoms with Gasteiger partial charge in [-0.05, 0) is 5.92 Å². The zero-order chi connectivity index (χ0) is 12.4. The summed E-state index contributed by atoms with van der Waals surface area (Å²) in [6, 6.07) is 7.55. The number of nitrogens with zero attached hydrogens (tertiary/aromatic N) is 4. The van der Waals surface area contributed by atoms with Crippen molar-refractivity contribution >= 4 is 0 Å². The first-order valence-electron chi connectivity index (χ1n) is 5.29. The van der Waals surface area contributed by atoms with Gasteiger partial charge < -0.3 is 0 Å². The van der Waals surface area contributed by atoms with E-state index in [1.54, 1.807) is 0 Å². The van der Waals surface area contributed by atoms with E-state index in [-0.39, 0.29) is 5.92 Å². The van der Waals surface area contributed by atoms with Crippen molar-refractivity contribution in [2.45, 2.75) is 26.7 Å². The molecule has 0 aromatic carbocycles. The van der Waals surface area contributed by atoms with Crippen LogP contribution in [-0.2, 0) is 0 Å². The fourth-order valence-electron chi connectivity index (χ4n) is 2.65. The molecule has 1 saturated carbocycles. The smallest absolute Gasteiger partial charge is 0.181 e. The van der Waals surface area contributed by atoms with E-state index in [1.165, 1.54) is 0 Å². The zero-order valence-electron chi connectivity index (χ0n) is 9.36. The van der Waals surface area contributed by atoms with Gasteiger partial charge in [-0.1, -0.05) is 26.7 Å². The van der Waals surface area contributed by atoms with E-state index in [0.29, 0.717) is 0 Å². The molecule has 0 heterocycles. The van der Waals surface area contributed by atoms with Crippen LogP contribution in [0, 0.1) is 68.0 Å². The topological polar surface area (TPSA) is 95.2 Å².